The van der Waals surface area contributed by atoms with E-state index in [1.807, 2.05) is 19.1 Å². The average Bonchev–Trinajstić information content (AvgIpc) is 3.34. The first-order valence-electron chi connectivity index (χ1n) is 9.77. The lowest BCUT2D eigenvalue weighted by Crippen LogP contribution is -2.40. The van der Waals surface area contributed by atoms with Gasteiger partial charge in [-0.05, 0) is 50.1 Å². The molecular formula is C21H21ClN4O4S. The number of esters is 1. The van der Waals surface area contributed by atoms with E-state index in [0.29, 0.717) is 9.90 Å². The van der Waals surface area contributed by atoms with E-state index in [1.54, 1.807) is 22.9 Å². The molecule has 0 aliphatic heterocycles. The number of thiophene rings is 1. The highest BCUT2D eigenvalue weighted by Gasteiger charge is 2.25. The minimum atomic E-state index is -0.590. The molecule has 0 bridgehead atoms. The maximum atomic E-state index is 12.5. The number of rotatable bonds is 7. The Bertz CT molecular complexity index is 1150. The molecule has 1 N–H and O–H groups in total. The number of benzene rings is 1. The van der Waals surface area contributed by atoms with Gasteiger partial charge in [-0.2, -0.15) is 5.10 Å². The van der Waals surface area contributed by atoms with Gasteiger partial charge in [-0.15, -0.1) is 11.3 Å². The van der Waals surface area contributed by atoms with Crippen LogP contribution in [-0.4, -0.2) is 58.7 Å². The van der Waals surface area contributed by atoms with Crippen LogP contribution in [0, 0.1) is 6.92 Å². The first-order valence-corrected chi connectivity index (χ1v) is 11.0. The molecule has 2 aromatic heterocycles. The van der Waals surface area contributed by atoms with Gasteiger partial charge in [0, 0.05) is 23.5 Å². The number of amides is 2. The molecule has 1 fully saturated rings. The number of hydrogen-bond acceptors (Lipinski definition) is 6. The van der Waals surface area contributed by atoms with Crippen molar-refractivity contribution in [3.8, 4) is 5.69 Å². The van der Waals surface area contributed by atoms with Gasteiger partial charge in [0.15, 0.2) is 6.61 Å². The first-order chi connectivity index (χ1) is 14.8. The normalized spacial score (nSPS) is 13.3. The summed E-state index contributed by atoms with van der Waals surface area (Å²) in [6.45, 7) is 1.37. The number of aryl methyl sites for hydroxylation is 1. The molecule has 162 valence electrons. The Kier molecular flexibility index (Phi) is 5.97. The molecule has 1 aliphatic carbocycles. The van der Waals surface area contributed by atoms with Crippen molar-refractivity contribution in [3.05, 3.63) is 45.9 Å². The number of nitrogens with zero attached hydrogens (tertiary/aromatic N) is 3. The van der Waals surface area contributed by atoms with Gasteiger partial charge in [-0.3, -0.25) is 9.59 Å². The fourth-order valence-corrected chi connectivity index (χ4v) is 4.22. The number of ether oxygens (including phenoxy) is 1. The Morgan fingerprint density at radius 1 is 1.29 bits per heavy atom. The molecule has 0 spiro atoms. The summed E-state index contributed by atoms with van der Waals surface area (Å²) in [6, 6.07) is 9.19. The van der Waals surface area contributed by atoms with Crippen LogP contribution in [0.3, 0.4) is 0 Å². The van der Waals surface area contributed by atoms with Crippen molar-refractivity contribution in [2.24, 2.45) is 0 Å². The minimum Gasteiger partial charge on any atom is -0.451 e. The van der Waals surface area contributed by atoms with Gasteiger partial charge >= 0.3 is 5.97 Å². The summed E-state index contributed by atoms with van der Waals surface area (Å²) in [6.07, 6.45) is 1.96. The lowest BCUT2D eigenvalue weighted by atomic mass is 10.3. The molecule has 2 heterocycles. The number of halogens is 1. The third-order valence-corrected chi connectivity index (χ3v) is 6.24. The standard InChI is InChI=1S/C21H21ClN4O4S/c1-12-16-9-17(31-20(16)26(24-12)15-7-3-13(22)4-8-15)21(29)30-11-19(28)25(2)10-18(27)23-14-5-6-14/h3-4,7-9,14H,5-6,10-11H2,1-2H3,(H,23,27). The number of fused-ring (bicyclic) bond motifs is 1. The van der Waals surface area contributed by atoms with Gasteiger partial charge in [0.05, 0.1) is 17.9 Å². The zero-order valence-corrected chi connectivity index (χ0v) is 18.6. The number of carbonyl (C=O) groups excluding carboxylic acids is 3. The third-order valence-electron chi connectivity index (χ3n) is 4.89. The Morgan fingerprint density at radius 2 is 2.00 bits per heavy atom. The van der Waals surface area contributed by atoms with E-state index < -0.39 is 18.5 Å². The molecule has 1 aromatic carbocycles. The molecule has 1 aliphatic rings. The van der Waals surface area contributed by atoms with Crippen LogP contribution in [0.15, 0.2) is 30.3 Å². The Balaban J connectivity index is 1.40. The Labute approximate surface area is 187 Å². The predicted molar refractivity (Wildman–Crippen MR) is 118 cm³/mol. The molecular weight excluding hydrogens is 440 g/mol. The second-order valence-electron chi connectivity index (χ2n) is 7.47. The van der Waals surface area contributed by atoms with E-state index >= 15 is 0 Å². The minimum absolute atomic E-state index is 0.0636. The van der Waals surface area contributed by atoms with Gasteiger partial charge in [0.2, 0.25) is 5.91 Å². The zero-order valence-electron chi connectivity index (χ0n) is 17.1. The van der Waals surface area contributed by atoms with Gasteiger partial charge < -0.3 is 15.0 Å². The number of likely N-dealkylation sites (N-methyl/N-ethyl adjacent to an activating group) is 1. The van der Waals surface area contributed by atoms with E-state index in [2.05, 4.69) is 10.4 Å². The first kappa shape index (κ1) is 21.3. The van der Waals surface area contributed by atoms with Crippen molar-refractivity contribution in [1.29, 1.82) is 0 Å². The van der Waals surface area contributed by atoms with E-state index in [0.717, 1.165) is 34.4 Å². The van der Waals surface area contributed by atoms with Crippen LogP contribution >= 0.6 is 22.9 Å². The average molecular weight is 461 g/mol. The number of hydrogen-bond donors (Lipinski definition) is 1. The smallest absolute Gasteiger partial charge is 0.348 e. The second-order valence-corrected chi connectivity index (χ2v) is 8.94. The van der Waals surface area contributed by atoms with E-state index in [-0.39, 0.29) is 18.5 Å². The van der Waals surface area contributed by atoms with E-state index in [1.165, 1.54) is 23.3 Å². The van der Waals surface area contributed by atoms with Crippen molar-refractivity contribution in [2.45, 2.75) is 25.8 Å². The molecule has 0 unspecified atom stereocenters. The maximum absolute atomic E-state index is 12.5. The highest BCUT2D eigenvalue weighted by Crippen LogP contribution is 2.31. The lowest BCUT2D eigenvalue weighted by Gasteiger charge is -2.16. The van der Waals surface area contributed by atoms with Crippen molar-refractivity contribution < 1.29 is 19.1 Å². The molecule has 0 atom stereocenters. The topological polar surface area (TPSA) is 93.5 Å². The van der Waals surface area contributed by atoms with E-state index in [4.69, 9.17) is 16.3 Å². The zero-order chi connectivity index (χ0) is 22.1. The van der Waals surface area contributed by atoms with Crippen molar-refractivity contribution in [2.75, 3.05) is 20.2 Å². The van der Waals surface area contributed by atoms with Crippen LogP contribution < -0.4 is 5.32 Å². The highest BCUT2D eigenvalue weighted by atomic mass is 35.5. The largest absolute Gasteiger partial charge is 0.451 e. The van der Waals surface area contributed by atoms with Crippen molar-refractivity contribution in [1.82, 2.24) is 20.0 Å². The quantitative estimate of drug-likeness (QED) is 0.547. The van der Waals surface area contributed by atoms with Crippen LogP contribution in [-0.2, 0) is 14.3 Å². The third kappa shape index (κ3) is 4.88. The summed E-state index contributed by atoms with van der Waals surface area (Å²) in [5.74, 6) is -1.24. The molecule has 4 rings (SSSR count). The predicted octanol–water partition coefficient (Wildman–Crippen LogP) is 2.94. The van der Waals surface area contributed by atoms with Crippen LogP contribution in [0.1, 0.15) is 28.2 Å². The number of carbonyl (C=O) groups is 3. The SMILES string of the molecule is Cc1nn(-c2ccc(Cl)cc2)c2sc(C(=O)OCC(=O)N(C)CC(=O)NC3CC3)cc12. The van der Waals surface area contributed by atoms with Crippen molar-refractivity contribution >= 4 is 50.9 Å². The Hall–Kier alpha value is -2.91. The summed E-state index contributed by atoms with van der Waals surface area (Å²) < 4.78 is 6.94. The molecule has 31 heavy (non-hydrogen) atoms. The fourth-order valence-electron chi connectivity index (χ4n) is 3.02. The van der Waals surface area contributed by atoms with Gasteiger partial charge in [0.25, 0.3) is 5.91 Å². The van der Waals surface area contributed by atoms with Gasteiger partial charge in [-0.25, -0.2) is 9.48 Å². The van der Waals surface area contributed by atoms with Crippen LogP contribution in [0.25, 0.3) is 15.9 Å². The summed E-state index contributed by atoms with van der Waals surface area (Å²) in [7, 11) is 1.51. The molecule has 2 amide bonds. The summed E-state index contributed by atoms with van der Waals surface area (Å²) in [4.78, 5) is 38.9. The Morgan fingerprint density at radius 3 is 2.68 bits per heavy atom. The maximum Gasteiger partial charge on any atom is 0.348 e. The summed E-state index contributed by atoms with van der Waals surface area (Å²) >= 11 is 7.20. The molecule has 0 saturated heterocycles. The number of nitrogens with one attached hydrogen (secondary N) is 1. The van der Waals surface area contributed by atoms with Gasteiger partial charge in [0.1, 0.15) is 9.71 Å². The fraction of sp³-hybridized carbons (Fsp3) is 0.333. The second kappa shape index (κ2) is 8.68. The summed E-state index contributed by atoms with van der Waals surface area (Å²) in [5, 5.41) is 8.81. The van der Waals surface area contributed by atoms with Crippen molar-refractivity contribution in [3.63, 3.8) is 0 Å². The van der Waals surface area contributed by atoms with Crippen LogP contribution in [0.5, 0.6) is 0 Å². The summed E-state index contributed by atoms with van der Waals surface area (Å²) in [5.41, 5.74) is 1.60. The number of aromatic nitrogens is 2. The van der Waals surface area contributed by atoms with Crippen LogP contribution in [0.4, 0.5) is 0 Å². The lowest BCUT2D eigenvalue weighted by molar-refractivity contribution is -0.137. The highest BCUT2D eigenvalue weighted by molar-refractivity contribution is 7.20. The molecule has 0 radical (unpaired) electrons. The molecule has 3 aromatic rings. The van der Waals surface area contributed by atoms with Gasteiger partial charge in [-0.1, -0.05) is 11.6 Å². The van der Waals surface area contributed by atoms with Crippen LogP contribution in [0.2, 0.25) is 5.02 Å². The van der Waals surface area contributed by atoms with E-state index in [9.17, 15) is 14.4 Å². The molecule has 8 nitrogen and oxygen atoms in total. The molecule has 1 saturated carbocycles. The molecule has 10 heteroatoms. The monoisotopic (exact) mass is 460 g/mol.